The zero-order valence-electron chi connectivity index (χ0n) is 13.8. The number of benzene rings is 1. The molecule has 1 heterocycles. The molecule has 0 bridgehead atoms. The van der Waals surface area contributed by atoms with E-state index in [1.54, 1.807) is 46.2 Å². The molecule has 2 rings (SSSR count). The Morgan fingerprint density at radius 1 is 1.22 bits per heavy atom. The SMILES string of the molecule is COc1ccc(C(C)NS(=O)(=O)c2cn(C)nc2C)cc1OC. The van der Waals surface area contributed by atoms with Gasteiger partial charge in [-0.2, -0.15) is 5.10 Å². The van der Waals surface area contributed by atoms with Crippen LogP contribution in [0.4, 0.5) is 0 Å². The molecule has 7 nitrogen and oxygen atoms in total. The molecule has 0 amide bonds. The molecular weight excluding hydrogens is 318 g/mol. The summed E-state index contributed by atoms with van der Waals surface area (Å²) in [4.78, 5) is 0.173. The number of methoxy groups -OCH3 is 2. The van der Waals surface area contributed by atoms with Crippen molar-refractivity contribution in [2.75, 3.05) is 14.2 Å². The molecule has 0 aliphatic rings. The van der Waals surface area contributed by atoms with E-state index >= 15 is 0 Å². The largest absolute Gasteiger partial charge is 0.493 e. The van der Waals surface area contributed by atoms with Crippen LogP contribution in [-0.4, -0.2) is 32.4 Å². The molecule has 1 N–H and O–H groups in total. The number of hydrogen-bond donors (Lipinski definition) is 1. The molecule has 0 aliphatic carbocycles. The first-order chi connectivity index (χ1) is 10.8. The first-order valence-electron chi connectivity index (χ1n) is 7.03. The highest BCUT2D eigenvalue weighted by Gasteiger charge is 2.23. The second kappa shape index (κ2) is 6.59. The van der Waals surface area contributed by atoms with Gasteiger partial charge < -0.3 is 9.47 Å². The van der Waals surface area contributed by atoms with Crippen molar-refractivity contribution in [1.29, 1.82) is 0 Å². The molecule has 1 aromatic heterocycles. The van der Waals surface area contributed by atoms with E-state index in [9.17, 15) is 8.42 Å². The van der Waals surface area contributed by atoms with Crippen LogP contribution in [0.2, 0.25) is 0 Å². The maximum absolute atomic E-state index is 12.5. The van der Waals surface area contributed by atoms with Crippen molar-refractivity contribution in [2.24, 2.45) is 7.05 Å². The van der Waals surface area contributed by atoms with E-state index in [-0.39, 0.29) is 4.90 Å². The van der Waals surface area contributed by atoms with E-state index in [1.807, 2.05) is 0 Å². The Hall–Kier alpha value is -2.06. The lowest BCUT2D eigenvalue weighted by molar-refractivity contribution is 0.354. The molecule has 8 heteroatoms. The normalized spacial score (nSPS) is 12.9. The maximum atomic E-state index is 12.5. The molecule has 0 radical (unpaired) electrons. The smallest absolute Gasteiger partial charge is 0.244 e. The number of ether oxygens (including phenoxy) is 2. The fourth-order valence-electron chi connectivity index (χ4n) is 2.33. The molecule has 2 aromatic rings. The van der Waals surface area contributed by atoms with Gasteiger partial charge in [0, 0.05) is 19.3 Å². The summed E-state index contributed by atoms with van der Waals surface area (Å²) in [5.74, 6) is 1.14. The Kier molecular flexibility index (Phi) is 4.96. The summed E-state index contributed by atoms with van der Waals surface area (Å²) in [6, 6.07) is 4.86. The molecule has 126 valence electrons. The lowest BCUT2D eigenvalue weighted by Crippen LogP contribution is -2.27. The van der Waals surface area contributed by atoms with Crippen molar-refractivity contribution in [2.45, 2.75) is 24.8 Å². The molecule has 0 saturated heterocycles. The standard InChI is InChI=1S/C15H21N3O4S/c1-10(12-6-7-13(21-4)14(8-12)22-5)17-23(19,20)15-9-18(3)16-11(15)2/h6-10,17H,1-5H3. The van der Waals surface area contributed by atoms with Gasteiger partial charge in [-0.1, -0.05) is 6.07 Å². The molecule has 0 fully saturated rings. The molecule has 1 unspecified atom stereocenters. The van der Waals surface area contributed by atoms with Crippen molar-refractivity contribution in [3.8, 4) is 11.5 Å². The van der Waals surface area contributed by atoms with Gasteiger partial charge >= 0.3 is 0 Å². The minimum atomic E-state index is -3.66. The summed E-state index contributed by atoms with van der Waals surface area (Å²) >= 11 is 0. The third kappa shape index (κ3) is 3.65. The molecule has 0 spiro atoms. The van der Waals surface area contributed by atoms with Crippen molar-refractivity contribution in [3.63, 3.8) is 0 Å². The molecular formula is C15H21N3O4S. The topological polar surface area (TPSA) is 82.5 Å². The van der Waals surface area contributed by atoms with Gasteiger partial charge in [0.1, 0.15) is 4.90 Å². The number of sulfonamides is 1. The van der Waals surface area contributed by atoms with Crippen LogP contribution in [0, 0.1) is 6.92 Å². The fraction of sp³-hybridized carbons (Fsp3) is 0.400. The molecule has 0 saturated carbocycles. The number of nitrogens with one attached hydrogen (secondary N) is 1. The molecule has 0 aliphatic heterocycles. The number of nitrogens with zero attached hydrogens (tertiary/aromatic N) is 2. The lowest BCUT2D eigenvalue weighted by atomic mass is 10.1. The minimum Gasteiger partial charge on any atom is -0.493 e. The Morgan fingerprint density at radius 2 is 1.87 bits per heavy atom. The summed E-state index contributed by atoms with van der Waals surface area (Å²) in [6.45, 7) is 3.43. The highest BCUT2D eigenvalue weighted by molar-refractivity contribution is 7.89. The lowest BCUT2D eigenvalue weighted by Gasteiger charge is -2.16. The zero-order valence-corrected chi connectivity index (χ0v) is 14.6. The van der Waals surface area contributed by atoms with E-state index in [1.165, 1.54) is 18.0 Å². The first-order valence-corrected chi connectivity index (χ1v) is 8.51. The van der Waals surface area contributed by atoms with E-state index in [0.29, 0.717) is 17.2 Å². The molecule has 1 atom stereocenters. The van der Waals surface area contributed by atoms with Gasteiger partial charge in [0.2, 0.25) is 10.0 Å². The van der Waals surface area contributed by atoms with E-state index < -0.39 is 16.1 Å². The molecule has 23 heavy (non-hydrogen) atoms. The summed E-state index contributed by atoms with van der Waals surface area (Å²) in [7, 11) is 1.11. The number of aryl methyl sites for hydroxylation is 2. The van der Waals surface area contributed by atoms with Crippen LogP contribution in [0.5, 0.6) is 11.5 Å². The number of rotatable bonds is 6. The van der Waals surface area contributed by atoms with Gasteiger partial charge in [-0.15, -0.1) is 0 Å². The summed E-state index contributed by atoms with van der Waals surface area (Å²) < 4.78 is 39.6. The second-order valence-corrected chi connectivity index (χ2v) is 6.89. The predicted octanol–water partition coefficient (Wildman–Crippen LogP) is 1.79. The summed E-state index contributed by atoms with van der Waals surface area (Å²) in [5, 5.41) is 4.07. The van der Waals surface area contributed by atoms with Gasteiger partial charge in [-0.05, 0) is 31.5 Å². The van der Waals surface area contributed by atoms with Gasteiger partial charge in [-0.3, -0.25) is 4.68 Å². The van der Waals surface area contributed by atoms with Gasteiger partial charge in [0.15, 0.2) is 11.5 Å². The van der Waals surface area contributed by atoms with Crippen LogP contribution in [0.25, 0.3) is 0 Å². The van der Waals surface area contributed by atoms with Crippen LogP contribution in [0.1, 0.15) is 24.2 Å². The van der Waals surface area contributed by atoms with Crippen LogP contribution >= 0.6 is 0 Å². The zero-order chi connectivity index (χ0) is 17.2. The van der Waals surface area contributed by atoms with Crippen LogP contribution < -0.4 is 14.2 Å². The van der Waals surface area contributed by atoms with Crippen molar-refractivity contribution >= 4 is 10.0 Å². The average Bonchev–Trinajstić information content (AvgIpc) is 2.85. The second-order valence-electron chi connectivity index (χ2n) is 5.21. The van der Waals surface area contributed by atoms with Gasteiger partial charge in [0.05, 0.1) is 19.9 Å². The number of aromatic nitrogens is 2. The van der Waals surface area contributed by atoms with Crippen molar-refractivity contribution < 1.29 is 17.9 Å². The van der Waals surface area contributed by atoms with Gasteiger partial charge in [0.25, 0.3) is 0 Å². The van der Waals surface area contributed by atoms with E-state index in [4.69, 9.17) is 9.47 Å². The Bertz CT molecular complexity index is 799. The monoisotopic (exact) mass is 339 g/mol. The third-order valence-electron chi connectivity index (χ3n) is 3.50. The van der Waals surface area contributed by atoms with Crippen LogP contribution in [-0.2, 0) is 17.1 Å². The molecule has 1 aromatic carbocycles. The van der Waals surface area contributed by atoms with Crippen molar-refractivity contribution in [3.05, 3.63) is 35.7 Å². The predicted molar refractivity (Wildman–Crippen MR) is 86.2 cm³/mol. The van der Waals surface area contributed by atoms with Gasteiger partial charge in [-0.25, -0.2) is 13.1 Å². The summed E-state index contributed by atoms with van der Waals surface area (Å²) in [6.07, 6.45) is 1.49. The maximum Gasteiger partial charge on any atom is 0.244 e. The Morgan fingerprint density at radius 3 is 2.39 bits per heavy atom. The van der Waals surface area contributed by atoms with E-state index in [2.05, 4.69) is 9.82 Å². The average molecular weight is 339 g/mol. The third-order valence-corrected chi connectivity index (χ3v) is 5.14. The van der Waals surface area contributed by atoms with E-state index in [0.717, 1.165) is 5.56 Å². The highest BCUT2D eigenvalue weighted by Crippen LogP contribution is 2.30. The highest BCUT2D eigenvalue weighted by atomic mass is 32.2. The van der Waals surface area contributed by atoms with Crippen molar-refractivity contribution in [1.82, 2.24) is 14.5 Å². The summed E-state index contributed by atoms with van der Waals surface area (Å²) in [5.41, 5.74) is 1.23. The Labute approximate surface area is 136 Å². The first kappa shape index (κ1) is 17.3. The fourth-order valence-corrected chi connectivity index (χ4v) is 3.78. The van der Waals surface area contributed by atoms with Crippen LogP contribution in [0.3, 0.4) is 0 Å². The number of hydrogen-bond acceptors (Lipinski definition) is 5. The Balaban J connectivity index is 2.28. The quantitative estimate of drug-likeness (QED) is 0.867. The van der Waals surface area contributed by atoms with Crippen LogP contribution in [0.15, 0.2) is 29.3 Å². The minimum absolute atomic E-state index is 0.173.